The highest BCUT2D eigenvalue weighted by molar-refractivity contribution is 5.92. The second-order valence-electron chi connectivity index (χ2n) is 3.31. The average Bonchev–Trinajstić information content (AvgIpc) is 2.56. The molecule has 1 aliphatic heterocycles. The van der Waals surface area contributed by atoms with Crippen molar-refractivity contribution in [3.8, 4) is 0 Å². The van der Waals surface area contributed by atoms with Crippen LogP contribution in [0.15, 0.2) is 18.5 Å². The van der Waals surface area contributed by atoms with Crippen LogP contribution in [-0.2, 0) is 0 Å². The lowest BCUT2D eigenvalue weighted by Gasteiger charge is -2.25. The molecule has 14 heavy (non-hydrogen) atoms. The lowest BCUT2D eigenvalue weighted by molar-refractivity contribution is -0.254. The molecule has 0 unspecified atom stereocenters. The maximum Gasteiger partial charge on any atom is 0.140 e. The molecular weight excluding hydrogens is 182 g/mol. The van der Waals surface area contributed by atoms with Gasteiger partial charge in [-0.25, -0.2) is 4.68 Å². The lowest BCUT2D eigenvalue weighted by Crippen LogP contribution is -2.27. The zero-order valence-electron chi connectivity index (χ0n) is 7.97. The van der Waals surface area contributed by atoms with Crippen LogP contribution in [0.1, 0.15) is 23.3 Å². The van der Waals surface area contributed by atoms with E-state index in [1.807, 2.05) is 19.2 Å². The summed E-state index contributed by atoms with van der Waals surface area (Å²) < 4.78 is 1.66. The summed E-state index contributed by atoms with van der Waals surface area (Å²) in [6.07, 6.45) is 5.10. The minimum Gasteiger partial charge on any atom is -0.545 e. The Balaban J connectivity index is 2.57. The molecule has 0 saturated heterocycles. The second kappa shape index (κ2) is 2.87. The van der Waals surface area contributed by atoms with Gasteiger partial charge in [-0.05, 0) is 13.0 Å². The smallest absolute Gasteiger partial charge is 0.140 e. The fourth-order valence-corrected chi connectivity index (χ4v) is 1.56. The number of aromatic nitrogens is 2. The van der Waals surface area contributed by atoms with Crippen molar-refractivity contribution < 1.29 is 9.90 Å². The number of carboxylic acids is 1. The largest absolute Gasteiger partial charge is 0.545 e. The first kappa shape index (κ1) is 8.80. The molecule has 74 valence electrons. The first-order valence-corrected chi connectivity index (χ1v) is 4.31. The third-order valence-electron chi connectivity index (χ3n) is 2.30. The summed E-state index contributed by atoms with van der Waals surface area (Å²) in [4.78, 5) is 12.5. The summed E-state index contributed by atoms with van der Waals surface area (Å²) in [7, 11) is 1.78. The first-order valence-electron chi connectivity index (χ1n) is 4.31. The van der Waals surface area contributed by atoms with Gasteiger partial charge < -0.3 is 14.8 Å². The first-order chi connectivity index (χ1) is 6.61. The van der Waals surface area contributed by atoms with Gasteiger partial charge in [0, 0.05) is 13.2 Å². The normalized spacial score (nSPS) is 19.6. The zero-order chi connectivity index (χ0) is 10.3. The molecule has 2 heterocycles. The van der Waals surface area contributed by atoms with Crippen molar-refractivity contribution in [2.75, 3.05) is 11.9 Å². The topological polar surface area (TPSA) is 61.2 Å². The Kier molecular flexibility index (Phi) is 1.80. The molecule has 5 heteroatoms. The monoisotopic (exact) mass is 192 g/mol. The van der Waals surface area contributed by atoms with Gasteiger partial charge >= 0.3 is 0 Å². The average molecular weight is 192 g/mol. The van der Waals surface area contributed by atoms with Gasteiger partial charge in [-0.3, -0.25) is 0 Å². The van der Waals surface area contributed by atoms with Crippen LogP contribution in [-0.4, -0.2) is 22.8 Å². The molecule has 0 fully saturated rings. The van der Waals surface area contributed by atoms with E-state index >= 15 is 0 Å². The quantitative estimate of drug-likeness (QED) is 0.616. The van der Waals surface area contributed by atoms with Crippen LogP contribution in [0.5, 0.6) is 0 Å². The molecule has 1 aromatic rings. The van der Waals surface area contributed by atoms with Crippen LogP contribution < -0.4 is 10.0 Å². The molecule has 1 aliphatic rings. The molecule has 5 nitrogen and oxygen atoms in total. The van der Waals surface area contributed by atoms with Gasteiger partial charge in [-0.2, -0.15) is 5.10 Å². The molecule has 0 N–H and O–H groups in total. The third-order valence-corrected chi connectivity index (χ3v) is 2.30. The molecule has 0 amide bonds. The fraction of sp³-hybridized carbons (Fsp3) is 0.333. The minimum atomic E-state index is -1.19. The highest BCUT2D eigenvalue weighted by Crippen LogP contribution is 2.27. The maximum atomic E-state index is 10.8. The summed E-state index contributed by atoms with van der Waals surface area (Å²) in [5.74, 6) is -0.624. The van der Waals surface area contributed by atoms with Crippen molar-refractivity contribution in [1.82, 2.24) is 9.78 Å². The van der Waals surface area contributed by atoms with Crippen molar-refractivity contribution in [3.05, 3.63) is 24.0 Å². The van der Waals surface area contributed by atoms with E-state index in [4.69, 9.17) is 0 Å². The zero-order valence-corrected chi connectivity index (χ0v) is 7.97. The molecule has 0 saturated carbocycles. The Hall–Kier alpha value is -1.78. The van der Waals surface area contributed by atoms with Gasteiger partial charge in [0.25, 0.3) is 0 Å². The van der Waals surface area contributed by atoms with Crippen molar-refractivity contribution in [3.63, 3.8) is 0 Å². The lowest BCUT2D eigenvalue weighted by atomic mass is 10.2. The summed E-state index contributed by atoms with van der Waals surface area (Å²) in [5.41, 5.74) is 0.128. The van der Waals surface area contributed by atoms with E-state index in [2.05, 4.69) is 5.10 Å². The summed E-state index contributed by atoms with van der Waals surface area (Å²) in [6.45, 7) is 1.94. The van der Waals surface area contributed by atoms with E-state index in [-0.39, 0.29) is 11.6 Å². The number of carboxylic acid groups (broad SMARTS) is 1. The SMILES string of the molecule is C[C@H]1C=CN(C)c2c(C(=O)[O-])cnn21. The number of nitrogens with zero attached hydrogens (tertiary/aromatic N) is 3. The van der Waals surface area contributed by atoms with E-state index in [0.29, 0.717) is 5.82 Å². The van der Waals surface area contributed by atoms with Gasteiger partial charge in [0.1, 0.15) is 5.82 Å². The summed E-state index contributed by atoms with van der Waals surface area (Å²) in [5, 5.41) is 14.8. The van der Waals surface area contributed by atoms with Crippen molar-refractivity contribution >= 4 is 11.8 Å². The van der Waals surface area contributed by atoms with Crippen LogP contribution in [0.2, 0.25) is 0 Å². The highest BCUT2D eigenvalue weighted by Gasteiger charge is 2.20. The van der Waals surface area contributed by atoms with Gasteiger partial charge in [0.15, 0.2) is 0 Å². The standard InChI is InChI=1S/C9H11N3O2/c1-6-3-4-11(2)8-7(9(13)14)5-10-12(6)8/h3-6H,1-2H3,(H,13,14)/p-1/t6-/m0/s1. The van der Waals surface area contributed by atoms with Crippen LogP contribution >= 0.6 is 0 Å². The summed E-state index contributed by atoms with van der Waals surface area (Å²) >= 11 is 0. The van der Waals surface area contributed by atoms with Crippen molar-refractivity contribution in [2.24, 2.45) is 0 Å². The van der Waals surface area contributed by atoms with Gasteiger partial charge in [-0.15, -0.1) is 0 Å². The number of rotatable bonds is 1. The highest BCUT2D eigenvalue weighted by atomic mass is 16.4. The number of aromatic carboxylic acids is 1. The Morgan fingerprint density at radius 1 is 1.64 bits per heavy atom. The second-order valence-corrected chi connectivity index (χ2v) is 3.31. The van der Waals surface area contributed by atoms with E-state index in [0.717, 1.165) is 0 Å². The van der Waals surface area contributed by atoms with E-state index in [9.17, 15) is 9.90 Å². The van der Waals surface area contributed by atoms with E-state index < -0.39 is 5.97 Å². The van der Waals surface area contributed by atoms with E-state index in [1.165, 1.54) is 6.20 Å². The molecule has 1 atom stereocenters. The van der Waals surface area contributed by atoms with Gasteiger partial charge in [-0.1, -0.05) is 0 Å². The number of hydrogen-bond acceptors (Lipinski definition) is 4. The molecule has 0 radical (unpaired) electrons. The number of hydrogen-bond donors (Lipinski definition) is 0. The van der Waals surface area contributed by atoms with Crippen LogP contribution in [0.3, 0.4) is 0 Å². The maximum absolute atomic E-state index is 10.8. The molecule has 1 aromatic heterocycles. The number of fused-ring (bicyclic) bond motifs is 1. The number of anilines is 1. The van der Waals surface area contributed by atoms with Gasteiger partial charge in [0.2, 0.25) is 0 Å². The van der Waals surface area contributed by atoms with Gasteiger partial charge in [0.05, 0.1) is 23.8 Å². The number of carbonyl (C=O) groups is 1. The summed E-state index contributed by atoms with van der Waals surface area (Å²) in [6, 6.07) is 0.0781. The van der Waals surface area contributed by atoms with Crippen LogP contribution in [0.25, 0.3) is 0 Å². The van der Waals surface area contributed by atoms with Crippen LogP contribution in [0, 0.1) is 0 Å². The molecular formula is C9H10N3O2-. The number of allylic oxidation sites excluding steroid dienone is 1. The molecule has 0 spiro atoms. The number of carbonyl (C=O) groups excluding carboxylic acids is 1. The van der Waals surface area contributed by atoms with Crippen molar-refractivity contribution in [2.45, 2.75) is 13.0 Å². The molecule has 0 aliphatic carbocycles. The van der Waals surface area contributed by atoms with E-state index in [1.54, 1.807) is 16.6 Å². The minimum absolute atomic E-state index is 0.0781. The molecule has 0 aromatic carbocycles. The Bertz CT molecular complexity index is 408. The van der Waals surface area contributed by atoms with Crippen molar-refractivity contribution in [1.29, 1.82) is 0 Å². The Morgan fingerprint density at radius 2 is 2.36 bits per heavy atom. The third kappa shape index (κ3) is 1.09. The predicted molar refractivity (Wildman–Crippen MR) is 48.8 cm³/mol. The molecule has 2 rings (SSSR count). The predicted octanol–water partition coefficient (Wildman–Crippen LogP) is -0.229. The fourth-order valence-electron chi connectivity index (χ4n) is 1.56. The van der Waals surface area contributed by atoms with Crippen LogP contribution in [0.4, 0.5) is 5.82 Å². The Morgan fingerprint density at radius 3 is 3.00 bits per heavy atom. The molecule has 0 bridgehead atoms. The Labute approximate surface area is 81.2 Å².